The van der Waals surface area contributed by atoms with Crippen molar-refractivity contribution in [3.63, 3.8) is 0 Å². The molecule has 0 aliphatic carbocycles. The first-order valence-electron chi connectivity index (χ1n) is 5.16. The zero-order valence-corrected chi connectivity index (χ0v) is 9.74. The monoisotopic (exact) mass is 206 g/mol. The van der Waals surface area contributed by atoms with Crippen molar-refractivity contribution >= 4 is 5.91 Å². The Kier molecular flexibility index (Phi) is 3.45. The number of carbonyl (C=O) groups is 1. The Labute approximate surface area is 90.9 Å². The lowest BCUT2D eigenvalue weighted by molar-refractivity contribution is 0.0890. The lowest BCUT2D eigenvalue weighted by Crippen LogP contribution is -2.47. The Hall–Kier alpha value is -1.38. The van der Waals surface area contributed by atoms with Crippen molar-refractivity contribution in [3.05, 3.63) is 30.1 Å². The molecule has 0 fully saturated rings. The molecule has 0 saturated carbocycles. The third-order valence-electron chi connectivity index (χ3n) is 2.82. The fourth-order valence-corrected chi connectivity index (χ4v) is 1.01. The highest BCUT2D eigenvalue weighted by Crippen LogP contribution is 2.15. The molecule has 0 atom stereocenters. The van der Waals surface area contributed by atoms with Gasteiger partial charge in [-0.3, -0.25) is 9.78 Å². The first-order valence-corrected chi connectivity index (χ1v) is 5.16. The molecule has 0 unspecified atom stereocenters. The van der Waals surface area contributed by atoms with Crippen molar-refractivity contribution in [3.8, 4) is 0 Å². The second-order valence-corrected chi connectivity index (χ2v) is 4.57. The first kappa shape index (κ1) is 11.7. The van der Waals surface area contributed by atoms with Crippen LogP contribution in [-0.2, 0) is 0 Å². The predicted octanol–water partition coefficient (Wildman–Crippen LogP) is 2.25. The number of hydrogen-bond donors (Lipinski definition) is 1. The first-order chi connectivity index (χ1) is 6.93. The lowest BCUT2D eigenvalue weighted by atomic mass is 9.90. The molecule has 0 aliphatic heterocycles. The van der Waals surface area contributed by atoms with E-state index in [0.29, 0.717) is 11.5 Å². The molecule has 0 bridgehead atoms. The Balaban J connectivity index is 2.73. The number of carbonyl (C=O) groups excluding carboxylic acids is 1. The SMILES string of the molecule is CC(C)C(C)(C)NC(=O)c1ccncc1. The van der Waals surface area contributed by atoms with E-state index in [1.165, 1.54) is 0 Å². The summed E-state index contributed by atoms with van der Waals surface area (Å²) in [6.45, 7) is 8.23. The van der Waals surface area contributed by atoms with Gasteiger partial charge in [0.15, 0.2) is 0 Å². The summed E-state index contributed by atoms with van der Waals surface area (Å²) >= 11 is 0. The van der Waals surface area contributed by atoms with Gasteiger partial charge >= 0.3 is 0 Å². The lowest BCUT2D eigenvalue weighted by Gasteiger charge is -2.30. The average Bonchev–Trinajstić information content (AvgIpc) is 2.18. The summed E-state index contributed by atoms with van der Waals surface area (Å²) in [4.78, 5) is 15.7. The maximum atomic E-state index is 11.8. The van der Waals surface area contributed by atoms with E-state index in [1.54, 1.807) is 24.5 Å². The fraction of sp³-hybridized carbons (Fsp3) is 0.500. The molecule has 1 amide bonds. The van der Waals surface area contributed by atoms with E-state index in [0.717, 1.165) is 0 Å². The quantitative estimate of drug-likeness (QED) is 0.824. The van der Waals surface area contributed by atoms with Crippen molar-refractivity contribution in [2.24, 2.45) is 5.92 Å². The molecule has 1 N–H and O–H groups in total. The highest BCUT2D eigenvalue weighted by atomic mass is 16.1. The van der Waals surface area contributed by atoms with Gasteiger partial charge in [0.1, 0.15) is 0 Å². The summed E-state index contributed by atoms with van der Waals surface area (Å²) in [5.74, 6) is 0.347. The average molecular weight is 206 g/mol. The van der Waals surface area contributed by atoms with Crippen LogP contribution in [0.1, 0.15) is 38.1 Å². The standard InChI is InChI=1S/C12H18N2O/c1-9(2)12(3,4)14-11(15)10-5-7-13-8-6-10/h5-9H,1-4H3,(H,14,15). The summed E-state index contributed by atoms with van der Waals surface area (Å²) in [6.07, 6.45) is 3.24. The van der Waals surface area contributed by atoms with Crippen LogP contribution < -0.4 is 5.32 Å². The molecule has 3 heteroatoms. The van der Waals surface area contributed by atoms with E-state index in [9.17, 15) is 4.79 Å². The summed E-state index contributed by atoms with van der Waals surface area (Å²) in [7, 11) is 0. The van der Waals surface area contributed by atoms with Crippen molar-refractivity contribution in [1.82, 2.24) is 10.3 Å². The van der Waals surface area contributed by atoms with E-state index in [1.807, 2.05) is 13.8 Å². The highest BCUT2D eigenvalue weighted by molar-refractivity contribution is 5.94. The second-order valence-electron chi connectivity index (χ2n) is 4.57. The Bertz CT molecular complexity index is 331. The molecule has 3 nitrogen and oxygen atoms in total. The van der Waals surface area contributed by atoms with E-state index in [4.69, 9.17) is 0 Å². The van der Waals surface area contributed by atoms with Crippen LogP contribution in [-0.4, -0.2) is 16.4 Å². The summed E-state index contributed by atoms with van der Waals surface area (Å²) < 4.78 is 0. The predicted molar refractivity (Wildman–Crippen MR) is 60.6 cm³/mol. The van der Waals surface area contributed by atoms with Crippen molar-refractivity contribution in [1.29, 1.82) is 0 Å². The van der Waals surface area contributed by atoms with Gasteiger partial charge in [-0.2, -0.15) is 0 Å². The second kappa shape index (κ2) is 4.43. The molecule has 0 aromatic carbocycles. The van der Waals surface area contributed by atoms with Crippen LogP contribution in [0.15, 0.2) is 24.5 Å². The van der Waals surface area contributed by atoms with Crippen molar-refractivity contribution in [2.75, 3.05) is 0 Å². The van der Waals surface area contributed by atoms with Crippen molar-refractivity contribution < 1.29 is 4.79 Å². The Morgan fingerprint density at radius 1 is 1.33 bits per heavy atom. The maximum absolute atomic E-state index is 11.8. The number of nitrogens with zero attached hydrogens (tertiary/aromatic N) is 1. The van der Waals surface area contributed by atoms with Crippen LogP contribution in [0.3, 0.4) is 0 Å². The van der Waals surface area contributed by atoms with Gasteiger partial charge < -0.3 is 5.32 Å². The minimum Gasteiger partial charge on any atom is -0.347 e. The molecular formula is C12H18N2O. The number of nitrogens with one attached hydrogen (secondary N) is 1. The zero-order chi connectivity index (χ0) is 11.5. The Morgan fingerprint density at radius 3 is 2.33 bits per heavy atom. The van der Waals surface area contributed by atoms with Gasteiger partial charge in [-0.15, -0.1) is 0 Å². The van der Waals surface area contributed by atoms with Gasteiger partial charge in [0.25, 0.3) is 5.91 Å². The zero-order valence-electron chi connectivity index (χ0n) is 9.74. The molecule has 1 aromatic rings. The summed E-state index contributed by atoms with van der Waals surface area (Å²) in [5.41, 5.74) is 0.458. The van der Waals surface area contributed by atoms with Crippen molar-refractivity contribution in [2.45, 2.75) is 33.2 Å². The van der Waals surface area contributed by atoms with Gasteiger partial charge in [0.2, 0.25) is 0 Å². The summed E-state index contributed by atoms with van der Waals surface area (Å²) in [5, 5.41) is 3.01. The van der Waals surface area contributed by atoms with Crippen LogP contribution in [0.2, 0.25) is 0 Å². The van der Waals surface area contributed by atoms with Crippen LogP contribution >= 0.6 is 0 Å². The number of hydrogen-bond acceptors (Lipinski definition) is 2. The number of aromatic nitrogens is 1. The number of amides is 1. The molecule has 82 valence electrons. The third-order valence-corrected chi connectivity index (χ3v) is 2.82. The van der Waals surface area contributed by atoms with Gasteiger partial charge in [0.05, 0.1) is 0 Å². The molecule has 0 spiro atoms. The van der Waals surface area contributed by atoms with Crippen LogP contribution in [0.25, 0.3) is 0 Å². The molecule has 0 radical (unpaired) electrons. The molecule has 0 aliphatic rings. The van der Waals surface area contributed by atoms with Gasteiger partial charge in [-0.1, -0.05) is 13.8 Å². The van der Waals surface area contributed by atoms with E-state index >= 15 is 0 Å². The molecule has 1 heterocycles. The van der Waals surface area contributed by atoms with Gasteiger partial charge in [-0.05, 0) is 31.9 Å². The van der Waals surface area contributed by atoms with E-state index in [2.05, 4.69) is 24.1 Å². The molecule has 1 rings (SSSR count). The van der Waals surface area contributed by atoms with E-state index in [-0.39, 0.29) is 11.4 Å². The molecule has 0 saturated heterocycles. The smallest absolute Gasteiger partial charge is 0.251 e. The number of rotatable bonds is 3. The minimum absolute atomic E-state index is 0.0453. The van der Waals surface area contributed by atoms with Crippen LogP contribution in [0, 0.1) is 5.92 Å². The normalized spacial score (nSPS) is 11.5. The topological polar surface area (TPSA) is 42.0 Å². The Morgan fingerprint density at radius 2 is 1.87 bits per heavy atom. The molecule has 1 aromatic heterocycles. The third kappa shape index (κ3) is 3.05. The maximum Gasteiger partial charge on any atom is 0.251 e. The highest BCUT2D eigenvalue weighted by Gasteiger charge is 2.24. The number of pyridine rings is 1. The minimum atomic E-state index is -0.194. The fourth-order valence-electron chi connectivity index (χ4n) is 1.01. The summed E-state index contributed by atoms with van der Waals surface area (Å²) in [6, 6.07) is 3.43. The van der Waals surface area contributed by atoms with Gasteiger partial charge in [0, 0.05) is 23.5 Å². The van der Waals surface area contributed by atoms with Crippen LogP contribution in [0.4, 0.5) is 0 Å². The van der Waals surface area contributed by atoms with Gasteiger partial charge in [-0.25, -0.2) is 0 Å². The molecular weight excluding hydrogens is 188 g/mol. The van der Waals surface area contributed by atoms with E-state index < -0.39 is 0 Å². The molecule has 15 heavy (non-hydrogen) atoms. The largest absolute Gasteiger partial charge is 0.347 e. The van der Waals surface area contributed by atoms with Crippen LogP contribution in [0.5, 0.6) is 0 Å².